The molecule has 0 bridgehead atoms. The van der Waals surface area contributed by atoms with Gasteiger partial charge in [0.15, 0.2) is 0 Å². The molecule has 7 heteroatoms. The van der Waals surface area contributed by atoms with Crippen molar-refractivity contribution in [2.24, 2.45) is 11.8 Å². The molecular formula is C27H22ClN3O3. The van der Waals surface area contributed by atoms with Gasteiger partial charge in [-0.3, -0.25) is 19.3 Å². The Labute approximate surface area is 201 Å². The second-order valence-electron chi connectivity index (χ2n) is 9.73. The maximum atomic E-state index is 14.2. The van der Waals surface area contributed by atoms with Crippen LogP contribution in [0.2, 0.25) is 5.02 Å². The molecule has 34 heavy (non-hydrogen) atoms. The number of amides is 3. The summed E-state index contributed by atoms with van der Waals surface area (Å²) < 4.78 is 0. The van der Waals surface area contributed by atoms with E-state index in [-0.39, 0.29) is 23.8 Å². The Morgan fingerprint density at radius 2 is 1.79 bits per heavy atom. The highest BCUT2D eigenvalue weighted by atomic mass is 35.5. The van der Waals surface area contributed by atoms with Gasteiger partial charge in [-0.1, -0.05) is 54.1 Å². The normalized spacial score (nSPS) is 29.8. The molecule has 3 aromatic carbocycles. The zero-order chi connectivity index (χ0) is 23.4. The molecule has 6 nitrogen and oxygen atoms in total. The summed E-state index contributed by atoms with van der Waals surface area (Å²) in [5.74, 6) is -2.05. The molecule has 170 valence electrons. The number of imide groups is 1. The van der Waals surface area contributed by atoms with E-state index < -0.39 is 17.4 Å². The smallest absolute Gasteiger partial charge is 0.250 e. The lowest BCUT2D eigenvalue weighted by atomic mass is 9.75. The topological polar surface area (TPSA) is 69.7 Å². The number of benzene rings is 3. The molecule has 7 rings (SSSR count). The molecular weight excluding hydrogens is 450 g/mol. The van der Waals surface area contributed by atoms with Gasteiger partial charge in [-0.15, -0.1) is 0 Å². The van der Waals surface area contributed by atoms with Gasteiger partial charge < -0.3 is 5.32 Å². The first-order chi connectivity index (χ1) is 16.5. The van der Waals surface area contributed by atoms with Crippen molar-refractivity contribution in [2.75, 3.05) is 16.8 Å². The molecule has 4 heterocycles. The maximum Gasteiger partial charge on any atom is 0.250 e. The van der Waals surface area contributed by atoms with Crippen molar-refractivity contribution >= 4 is 51.5 Å². The number of hydrogen-bond acceptors (Lipinski definition) is 4. The Morgan fingerprint density at radius 1 is 1.00 bits per heavy atom. The van der Waals surface area contributed by atoms with E-state index in [9.17, 15) is 14.4 Å². The number of carbonyl (C=O) groups excluding carboxylic acids is 3. The van der Waals surface area contributed by atoms with Gasteiger partial charge in [-0.05, 0) is 49.4 Å². The number of hydrogen-bond donors (Lipinski definition) is 1. The number of nitrogens with one attached hydrogen (secondary N) is 1. The van der Waals surface area contributed by atoms with Crippen LogP contribution in [0.1, 0.15) is 24.0 Å². The van der Waals surface area contributed by atoms with E-state index in [0.717, 1.165) is 34.7 Å². The summed E-state index contributed by atoms with van der Waals surface area (Å²) in [6, 6.07) is 16.9. The lowest BCUT2D eigenvalue weighted by Gasteiger charge is -2.36. The summed E-state index contributed by atoms with van der Waals surface area (Å²) in [7, 11) is 0. The van der Waals surface area contributed by atoms with Gasteiger partial charge >= 0.3 is 0 Å². The van der Waals surface area contributed by atoms with Gasteiger partial charge in [0, 0.05) is 22.0 Å². The van der Waals surface area contributed by atoms with Crippen LogP contribution in [0.4, 0.5) is 11.4 Å². The van der Waals surface area contributed by atoms with Crippen LogP contribution in [0.3, 0.4) is 0 Å². The van der Waals surface area contributed by atoms with Gasteiger partial charge in [-0.25, -0.2) is 4.90 Å². The van der Waals surface area contributed by atoms with Crippen molar-refractivity contribution in [3.05, 3.63) is 70.7 Å². The molecule has 4 aliphatic rings. The monoisotopic (exact) mass is 471 g/mol. The Bertz CT molecular complexity index is 1450. The fourth-order valence-corrected chi connectivity index (χ4v) is 7.19. The van der Waals surface area contributed by atoms with Crippen molar-refractivity contribution in [3.63, 3.8) is 0 Å². The minimum Gasteiger partial charge on any atom is -0.324 e. The minimum atomic E-state index is -1.19. The number of halogens is 1. The Balaban J connectivity index is 1.46. The summed E-state index contributed by atoms with van der Waals surface area (Å²) in [6.45, 7) is 2.55. The second-order valence-corrected chi connectivity index (χ2v) is 10.1. The van der Waals surface area contributed by atoms with Crippen molar-refractivity contribution in [1.82, 2.24) is 4.90 Å². The van der Waals surface area contributed by atoms with Crippen LogP contribution < -0.4 is 10.2 Å². The highest BCUT2D eigenvalue weighted by molar-refractivity contribution is 6.32. The Morgan fingerprint density at radius 3 is 2.65 bits per heavy atom. The number of nitrogens with zero attached hydrogens (tertiary/aromatic N) is 2. The highest BCUT2D eigenvalue weighted by Crippen LogP contribution is 2.61. The first-order valence-corrected chi connectivity index (χ1v) is 12.1. The number of anilines is 2. The van der Waals surface area contributed by atoms with E-state index in [0.29, 0.717) is 22.9 Å². The fraction of sp³-hybridized carbons (Fsp3) is 0.296. The van der Waals surface area contributed by atoms with Crippen LogP contribution in [0.5, 0.6) is 0 Å². The maximum absolute atomic E-state index is 14.2. The quantitative estimate of drug-likeness (QED) is 0.539. The third-order valence-corrected chi connectivity index (χ3v) is 8.78. The summed E-state index contributed by atoms with van der Waals surface area (Å²) in [6.07, 6.45) is 1.68. The van der Waals surface area contributed by atoms with Crippen molar-refractivity contribution < 1.29 is 14.4 Å². The predicted molar refractivity (Wildman–Crippen MR) is 130 cm³/mol. The molecule has 1 spiro atoms. The van der Waals surface area contributed by atoms with Crippen LogP contribution in [-0.4, -0.2) is 35.2 Å². The summed E-state index contributed by atoms with van der Waals surface area (Å²) in [5.41, 5.74) is 1.62. The molecule has 0 aromatic heterocycles. The van der Waals surface area contributed by atoms with E-state index >= 15 is 0 Å². The van der Waals surface area contributed by atoms with Crippen LogP contribution in [-0.2, 0) is 19.9 Å². The van der Waals surface area contributed by atoms with E-state index in [1.165, 1.54) is 4.90 Å². The Kier molecular flexibility index (Phi) is 3.96. The largest absolute Gasteiger partial charge is 0.324 e. The summed E-state index contributed by atoms with van der Waals surface area (Å²) in [4.78, 5) is 45.5. The Hall–Kier alpha value is -3.22. The standard InChI is InChI=1S/C27H22ClN3O3/c1-14-18(28)12-11-17-23(14)29-26(34)27(17)22-21(20-10-5-13-30(20)27)24(32)31(25(22)33)19-9-4-7-15-6-2-3-8-16(15)19/h2-4,6-9,11-12,20-22H,5,10,13H2,1H3,(H,29,34)/t20-,21-,22+,27+/m1/s1. The lowest BCUT2D eigenvalue weighted by Crippen LogP contribution is -2.54. The zero-order valence-electron chi connectivity index (χ0n) is 18.5. The summed E-state index contributed by atoms with van der Waals surface area (Å²) >= 11 is 6.37. The molecule has 4 atom stereocenters. The molecule has 0 radical (unpaired) electrons. The molecule has 3 saturated heterocycles. The van der Waals surface area contributed by atoms with Crippen molar-refractivity contribution in [2.45, 2.75) is 31.3 Å². The SMILES string of the molecule is Cc1c(Cl)ccc2c1NC(=O)[C@@]21[C@@H]2C(=O)N(c3cccc4ccccc34)C(=O)[C@@H]2[C@H]2CCCN21. The van der Waals surface area contributed by atoms with E-state index in [1.807, 2.05) is 55.5 Å². The number of carbonyl (C=O) groups is 3. The van der Waals surface area contributed by atoms with Gasteiger partial charge in [0.2, 0.25) is 17.7 Å². The first kappa shape index (κ1) is 20.2. The first-order valence-electron chi connectivity index (χ1n) is 11.7. The van der Waals surface area contributed by atoms with E-state index in [4.69, 9.17) is 11.6 Å². The number of rotatable bonds is 1. The third kappa shape index (κ3) is 2.19. The van der Waals surface area contributed by atoms with Crippen LogP contribution in [0, 0.1) is 18.8 Å². The molecule has 4 aliphatic heterocycles. The van der Waals surface area contributed by atoms with Crippen molar-refractivity contribution in [3.8, 4) is 0 Å². The third-order valence-electron chi connectivity index (χ3n) is 8.37. The molecule has 0 saturated carbocycles. The average Bonchev–Trinajstić information content (AvgIpc) is 3.55. The lowest BCUT2D eigenvalue weighted by molar-refractivity contribution is -0.135. The van der Waals surface area contributed by atoms with Gasteiger partial charge in [-0.2, -0.15) is 0 Å². The van der Waals surface area contributed by atoms with E-state index in [2.05, 4.69) is 10.2 Å². The minimum absolute atomic E-state index is 0.144. The second kappa shape index (κ2) is 6.68. The summed E-state index contributed by atoms with van der Waals surface area (Å²) in [5, 5.41) is 5.41. The molecule has 3 fully saturated rings. The fourth-order valence-electron chi connectivity index (χ4n) is 7.03. The van der Waals surface area contributed by atoms with Gasteiger partial charge in [0.05, 0.1) is 23.2 Å². The van der Waals surface area contributed by atoms with Crippen LogP contribution in [0.25, 0.3) is 10.8 Å². The zero-order valence-corrected chi connectivity index (χ0v) is 19.3. The molecule has 3 aromatic rings. The van der Waals surface area contributed by atoms with Crippen LogP contribution >= 0.6 is 11.6 Å². The number of fused-ring (bicyclic) bond motifs is 8. The van der Waals surface area contributed by atoms with Crippen LogP contribution in [0.15, 0.2) is 54.6 Å². The predicted octanol–water partition coefficient (Wildman–Crippen LogP) is 4.23. The van der Waals surface area contributed by atoms with Gasteiger partial charge in [0.1, 0.15) is 5.54 Å². The highest BCUT2D eigenvalue weighted by Gasteiger charge is 2.74. The molecule has 0 unspecified atom stereocenters. The average molecular weight is 472 g/mol. The molecule has 0 aliphatic carbocycles. The van der Waals surface area contributed by atoms with E-state index in [1.54, 1.807) is 6.07 Å². The molecule has 1 N–H and O–H groups in total. The van der Waals surface area contributed by atoms with Crippen molar-refractivity contribution in [1.29, 1.82) is 0 Å². The van der Waals surface area contributed by atoms with Gasteiger partial charge in [0.25, 0.3) is 0 Å². The molecule has 3 amide bonds.